The van der Waals surface area contributed by atoms with Crippen molar-refractivity contribution in [3.8, 4) is 0 Å². The van der Waals surface area contributed by atoms with Crippen molar-refractivity contribution in [1.82, 2.24) is 0 Å². The summed E-state index contributed by atoms with van der Waals surface area (Å²) in [5, 5.41) is 3.78. The van der Waals surface area contributed by atoms with E-state index in [1.165, 1.54) is 4.91 Å². The van der Waals surface area contributed by atoms with Crippen molar-refractivity contribution in [2.75, 3.05) is 5.32 Å². The second-order valence-corrected chi connectivity index (χ2v) is 5.43. The minimum atomic E-state index is 0.206. The number of nitrogens with zero attached hydrogens (tertiary/aromatic N) is 1. The maximum absolute atomic E-state index is 6.05. The normalized spacial score (nSPS) is 27.1. The second-order valence-electron chi connectivity index (χ2n) is 4.04. The van der Waals surface area contributed by atoms with Crippen LogP contribution in [0.5, 0.6) is 0 Å². The van der Waals surface area contributed by atoms with E-state index in [-0.39, 0.29) is 11.3 Å². The van der Waals surface area contributed by atoms with Crippen LogP contribution >= 0.6 is 11.8 Å². The summed E-state index contributed by atoms with van der Waals surface area (Å²) in [7, 11) is 0. The number of aliphatic imine (C=N–C) groups is 1. The highest BCUT2D eigenvalue weighted by Crippen LogP contribution is 2.41. The summed E-state index contributed by atoms with van der Waals surface area (Å²) in [4.78, 5) is 5.80. The maximum atomic E-state index is 6.05. The minimum Gasteiger partial charge on any atom is -0.387 e. The zero-order valence-corrected chi connectivity index (χ0v) is 9.79. The average Bonchev–Trinajstić information content (AvgIpc) is 2.57. The van der Waals surface area contributed by atoms with Crippen molar-refractivity contribution >= 4 is 29.0 Å². The van der Waals surface area contributed by atoms with Crippen molar-refractivity contribution in [3.05, 3.63) is 35.2 Å². The second kappa shape index (κ2) is 3.56. The molecule has 3 nitrogen and oxygen atoms in total. The van der Waals surface area contributed by atoms with E-state index in [1.807, 2.05) is 36.0 Å². The van der Waals surface area contributed by atoms with Gasteiger partial charge in [-0.25, -0.2) is 4.99 Å². The Labute approximate surface area is 98.8 Å². The number of allylic oxidation sites excluding steroid dienone is 1. The van der Waals surface area contributed by atoms with Gasteiger partial charge in [0.25, 0.3) is 0 Å². The van der Waals surface area contributed by atoms with Gasteiger partial charge in [0, 0.05) is 0 Å². The Hall–Kier alpha value is -1.42. The summed E-state index contributed by atoms with van der Waals surface area (Å²) >= 11 is 1.82. The lowest BCUT2D eigenvalue weighted by atomic mass is 10.1. The number of para-hydroxylation sites is 2. The summed E-state index contributed by atoms with van der Waals surface area (Å²) < 4.78 is 0. The Kier molecular flexibility index (Phi) is 2.17. The van der Waals surface area contributed by atoms with Crippen LogP contribution in [0.1, 0.15) is 6.92 Å². The summed E-state index contributed by atoms with van der Waals surface area (Å²) in [6.07, 6.45) is 2.19. The van der Waals surface area contributed by atoms with E-state index in [0.717, 1.165) is 11.4 Å². The van der Waals surface area contributed by atoms with Gasteiger partial charge in [-0.05, 0) is 24.0 Å². The van der Waals surface area contributed by atoms with E-state index in [2.05, 4.69) is 23.3 Å². The molecule has 0 aliphatic carbocycles. The van der Waals surface area contributed by atoms with E-state index < -0.39 is 0 Å². The number of nitrogens with one attached hydrogen (secondary N) is 1. The van der Waals surface area contributed by atoms with Gasteiger partial charge in [-0.15, -0.1) is 11.8 Å². The number of thioether (sulfide) groups is 1. The van der Waals surface area contributed by atoms with Gasteiger partial charge in [0.1, 0.15) is 5.84 Å². The molecule has 1 aromatic carbocycles. The van der Waals surface area contributed by atoms with Crippen molar-refractivity contribution < 1.29 is 0 Å². The van der Waals surface area contributed by atoms with Crippen LogP contribution in [0, 0.1) is 5.92 Å². The number of anilines is 1. The zero-order chi connectivity index (χ0) is 11.1. The lowest BCUT2D eigenvalue weighted by Gasteiger charge is -2.17. The Bertz CT molecular complexity index is 493. The van der Waals surface area contributed by atoms with Gasteiger partial charge in [0.05, 0.1) is 22.7 Å². The molecule has 0 saturated carbocycles. The molecule has 2 aliphatic heterocycles. The van der Waals surface area contributed by atoms with Crippen molar-refractivity contribution in [2.45, 2.75) is 12.3 Å². The molecule has 0 saturated heterocycles. The fourth-order valence-electron chi connectivity index (χ4n) is 2.07. The molecule has 3 N–H and O–H groups in total. The van der Waals surface area contributed by atoms with Crippen LogP contribution in [0.25, 0.3) is 0 Å². The van der Waals surface area contributed by atoms with E-state index in [9.17, 15) is 0 Å². The van der Waals surface area contributed by atoms with Crippen LogP contribution in [0.15, 0.2) is 40.2 Å². The lowest BCUT2D eigenvalue weighted by molar-refractivity contribution is 0.863. The molecule has 4 heteroatoms. The number of amidine groups is 1. The van der Waals surface area contributed by atoms with E-state index in [1.54, 1.807) is 0 Å². The van der Waals surface area contributed by atoms with Gasteiger partial charge in [0.15, 0.2) is 0 Å². The summed E-state index contributed by atoms with van der Waals surface area (Å²) in [5.74, 6) is 0.907. The first kappa shape index (κ1) is 9.78. The summed E-state index contributed by atoms with van der Waals surface area (Å²) in [6, 6.07) is 8.02. The molecule has 0 bridgehead atoms. The van der Waals surface area contributed by atoms with Gasteiger partial charge < -0.3 is 11.1 Å². The number of hydrogen-bond donors (Lipinski definition) is 2. The van der Waals surface area contributed by atoms with Crippen molar-refractivity contribution in [1.29, 1.82) is 0 Å². The molecule has 2 unspecified atom stereocenters. The molecule has 2 heterocycles. The van der Waals surface area contributed by atoms with Gasteiger partial charge >= 0.3 is 0 Å². The molecule has 1 aromatic rings. The van der Waals surface area contributed by atoms with E-state index >= 15 is 0 Å². The molecule has 82 valence electrons. The molecule has 2 aliphatic rings. The highest BCUT2D eigenvalue weighted by atomic mass is 32.2. The van der Waals surface area contributed by atoms with Crippen LogP contribution in [0.3, 0.4) is 0 Å². The Morgan fingerprint density at radius 1 is 1.38 bits per heavy atom. The highest BCUT2D eigenvalue weighted by molar-refractivity contribution is 8.04. The SMILES string of the molecule is CC1=CC2C(N)=Nc3ccccc3NC2S1. The number of hydrogen-bond acceptors (Lipinski definition) is 4. The molecule has 0 spiro atoms. The first-order valence-corrected chi connectivity index (χ1v) is 6.17. The van der Waals surface area contributed by atoms with Gasteiger partial charge in [-0.1, -0.05) is 18.2 Å². The lowest BCUT2D eigenvalue weighted by Crippen LogP contribution is -2.31. The summed E-state index contributed by atoms with van der Waals surface area (Å²) in [5.41, 5.74) is 8.04. The standard InChI is InChI=1S/C12H13N3S/c1-7-6-8-11(13)14-9-4-2-3-5-10(9)15-12(8)16-7/h2-6,8,12,15H,1H3,(H2,13,14). The third-order valence-electron chi connectivity index (χ3n) is 2.85. The first-order valence-electron chi connectivity index (χ1n) is 5.29. The predicted octanol–water partition coefficient (Wildman–Crippen LogP) is 2.69. The topological polar surface area (TPSA) is 50.4 Å². The van der Waals surface area contributed by atoms with Gasteiger partial charge in [-0.2, -0.15) is 0 Å². The fraction of sp³-hybridized carbons (Fsp3) is 0.250. The molecule has 2 atom stereocenters. The Balaban J connectivity index is 2.07. The third-order valence-corrected chi connectivity index (χ3v) is 4.02. The average molecular weight is 231 g/mol. The maximum Gasteiger partial charge on any atom is 0.110 e. The molecule has 0 amide bonds. The van der Waals surface area contributed by atoms with Crippen LogP contribution < -0.4 is 11.1 Å². The molecule has 0 aromatic heterocycles. The summed E-state index contributed by atoms with van der Waals surface area (Å²) in [6.45, 7) is 2.11. The van der Waals surface area contributed by atoms with Crippen LogP contribution in [-0.4, -0.2) is 11.2 Å². The Morgan fingerprint density at radius 2 is 2.19 bits per heavy atom. The van der Waals surface area contributed by atoms with Crippen LogP contribution in [0.2, 0.25) is 0 Å². The third kappa shape index (κ3) is 1.50. The highest BCUT2D eigenvalue weighted by Gasteiger charge is 2.31. The van der Waals surface area contributed by atoms with E-state index in [4.69, 9.17) is 5.73 Å². The first-order chi connectivity index (χ1) is 7.74. The molecular weight excluding hydrogens is 218 g/mol. The van der Waals surface area contributed by atoms with Crippen molar-refractivity contribution in [2.24, 2.45) is 16.6 Å². The molecule has 3 rings (SSSR count). The molecule has 0 fully saturated rings. The van der Waals surface area contributed by atoms with Crippen LogP contribution in [0.4, 0.5) is 11.4 Å². The molecular formula is C12H13N3S. The van der Waals surface area contributed by atoms with Crippen molar-refractivity contribution in [3.63, 3.8) is 0 Å². The number of rotatable bonds is 0. The molecule has 16 heavy (non-hydrogen) atoms. The zero-order valence-electron chi connectivity index (χ0n) is 8.97. The van der Waals surface area contributed by atoms with Gasteiger partial charge in [0.2, 0.25) is 0 Å². The smallest absolute Gasteiger partial charge is 0.110 e. The van der Waals surface area contributed by atoms with Crippen LogP contribution in [-0.2, 0) is 0 Å². The monoisotopic (exact) mass is 231 g/mol. The van der Waals surface area contributed by atoms with Gasteiger partial charge in [-0.3, -0.25) is 0 Å². The van der Waals surface area contributed by atoms with E-state index in [0.29, 0.717) is 5.84 Å². The number of benzene rings is 1. The largest absolute Gasteiger partial charge is 0.387 e. The number of fused-ring (bicyclic) bond motifs is 2. The quantitative estimate of drug-likeness (QED) is 0.721. The number of nitrogens with two attached hydrogens (primary N) is 1. The Morgan fingerprint density at radius 3 is 3.06 bits per heavy atom. The minimum absolute atomic E-state index is 0.206. The fourth-order valence-corrected chi connectivity index (χ4v) is 3.25. The molecule has 0 radical (unpaired) electrons. The predicted molar refractivity (Wildman–Crippen MR) is 70.0 cm³/mol.